The standard InChI is InChI=1S/C16H15ClN2O2/c1-10-4-3-5-14(15(10)20)11(2)18-19-16(21)12-6-8-13(17)9-7-12/h3-9,20H,1-2H3,(H,19,21)/b18-11+. The van der Waals surface area contributed by atoms with E-state index in [4.69, 9.17) is 11.6 Å². The third kappa shape index (κ3) is 3.61. The van der Waals surface area contributed by atoms with E-state index in [9.17, 15) is 9.90 Å². The van der Waals surface area contributed by atoms with E-state index in [0.717, 1.165) is 5.56 Å². The van der Waals surface area contributed by atoms with Crippen molar-refractivity contribution in [1.82, 2.24) is 5.43 Å². The summed E-state index contributed by atoms with van der Waals surface area (Å²) in [5.74, 6) is -0.169. The van der Waals surface area contributed by atoms with Crippen LogP contribution in [-0.2, 0) is 0 Å². The van der Waals surface area contributed by atoms with Gasteiger partial charge in [0.2, 0.25) is 0 Å². The van der Waals surface area contributed by atoms with Gasteiger partial charge in [0.25, 0.3) is 5.91 Å². The molecule has 0 aliphatic heterocycles. The zero-order valence-corrected chi connectivity index (χ0v) is 12.5. The Morgan fingerprint density at radius 2 is 1.86 bits per heavy atom. The minimum absolute atomic E-state index is 0.166. The molecule has 0 bridgehead atoms. The van der Waals surface area contributed by atoms with Gasteiger partial charge in [0.15, 0.2) is 0 Å². The summed E-state index contributed by atoms with van der Waals surface area (Å²) in [4.78, 5) is 11.9. The Balaban J connectivity index is 2.15. The van der Waals surface area contributed by atoms with E-state index in [0.29, 0.717) is 21.9 Å². The first-order valence-corrected chi connectivity index (χ1v) is 6.76. The van der Waals surface area contributed by atoms with E-state index in [1.807, 2.05) is 6.07 Å². The first-order valence-electron chi connectivity index (χ1n) is 6.38. The summed E-state index contributed by atoms with van der Waals surface area (Å²) >= 11 is 5.77. The Morgan fingerprint density at radius 1 is 1.19 bits per heavy atom. The fourth-order valence-electron chi connectivity index (χ4n) is 1.81. The van der Waals surface area contributed by atoms with Crippen LogP contribution in [0.2, 0.25) is 5.02 Å². The zero-order valence-electron chi connectivity index (χ0n) is 11.7. The number of aromatic hydroxyl groups is 1. The van der Waals surface area contributed by atoms with Crippen LogP contribution in [-0.4, -0.2) is 16.7 Å². The number of phenolic OH excluding ortho intramolecular Hbond substituents is 1. The molecular weight excluding hydrogens is 288 g/mol. The van der Waals surface area contributed by atoms with Gasteiger partial charge in [-0.2, -0.15) is 5.10 Å². The average molecular weight is 303 g/mol. The molecule has 2 aromatic rings. The number of halogens is 1. The number of hydrogen-bond donors (Lipinski definition) is 2. The SMILES string of the molecule is C/C(=N\NC(=O)c1ccc(Cl)cc1)c1cccc(C)c1O. The lowest BCUT2D eigenvalue weighted by Crippen LogP contribution is -2.19. The van der Waals surface area contributed by atoms with Gasteiger partial charge in [0, 0.05) is 16.1 Å². The molecule has 0 saturated heterocycles. The van der Waals surface area contributed by atoms with Gasteiger partial charge in [0.05, 0.1) is 5.71 Å². The van der Waals surface area contributed by atoms with E-state index in [2.05, 4.69) is 10.5 Å². The van der Waals surface area contributed by atoms with Gasteiger partial charge in [-0.3, -0.25) is 4.79 Å². The maximum Gasteiger partial charge on any atom is 0.271 e. The summed E-state index contributed by atoms with van der Waals surface area (Å²) in [7, 11) is 0. The Bertz CT molecular complexity index is 694. The summed E-state index contributed by atoms with van der Waals surface area (Å²) < 4.78 is 0. The van der Waals surface area contributed by atoms with Gasteiger partial charge >= 0.3 is 0 Å². The van der Waals surface area contributed by atoms with Crippen molar-refractivity contribution in [1.29, 1.82) is 0 Å². The number of amides is 1. The molecule has 0 atom stereocenters. The van der Waals surface area contributed by atoms with Crippen LogP contribution in [0, 0.1) is 6.92 Å². The number of aryl methyl sites for hydroxylation is 1. The van der Waals surface area contributed by atoms with Gasteiger partial charge in [0.1, 0.15) is 5.75 Å². The number of rotatable bonds is 3. The molecule has 2 N–H and O–H groups in total. The van der Waals surface area contributed by atoms with E-state index in [1.54, 1.807) is 50.2 Å². The number of carbonyl (C=O) groups excluding carboxylic acids is 1. The van der Waals surface area contributed by atoms with Gasteiger partial charge in [-0.05, 0) is 49.7 Å². The molecule has 5 heteroatoms. The third-order valence-corrected chi connectivity index (χ3v) is 3.31. The molecular formula is C16H15ClN2O2. The number of para-hydroxylation sites is 1. The van der Waals surface area contributed by atoms with Crippen molar-refractivity contribution in [2.45, 2.75) is 13.8 Å². The van der Waals surface area contributed by atoms with Crippen molar-refractivity contribution in [3.05, 3.63) is 64.2 Å². The van der Waals surface area contributed by atoms with Gasteiger partial charge < -0.3 is 5.11 Å². The third-order valence-electron chi connectivity index (χ3n) is 3.06. The Labute approximate surface area is 128 Å². The maximum absolute atomic E-state index is 11.9. The van der Waals surface area contributed by atoms with Crippen LogP contribution >= 0.6 is 11.6 Å². The van der Waals surface area contributed by atoms with Crippen LogP contribution in [0.15, 0.2) is 47.6 Å². The molecule has 0 aliphatic rings. The minimum atomic E-state index is -0.335. The summed E-state index contributed by atoms with van der Waals surface area (Å²) in [5, 5.41) is 14.6. The average Bonchev–Trinajstić information content (AvgIpc) is 2.48. The van der Waals surface area contributed by atoms with Crippen LogP contribution in [0.1, 0.15) is 28.4 Å². The number of benzene rings is 2. The largest absolute Gasteiger partial charge is 0.507 e. The molecule has 0 unspecified atom stereocenters. The number of hydrogen-bond acceptors (Lipinski definition) is 3. The molecule has 1 amide bonds. The fourth-order valence-corrected chi connectivity index (χ4v) is 1.94. The molecule has 0 saturated carbocycles. The summed E-state index contributed by atoms with van der Waals surface area (Å²) in [6, 6.07) is 11.9. The second kappa shape index (κ2) is 6.41. The molecule has 0 aliphatic carbocycles. The highest BCUT2D eigenvalue weighted by Gasteiger charge is 2.08. The summed E-state index contributed by atoms with van der Waals surface area (Å²) in [5.41, 5.74) is 4.79. The first kappa shape index (κ1) is 15.1. The predicted octanol–water partition coefficient (Wildman–Crippen LogP) is 3.51. The van der Waals surface area contributed by atoms with Crippen molar-refractivity contribution in [3.8, 4) is 5.75 Å². The maximum atomic E-state index is 11.9. The van der Waals surface area contributed by atoms with E-state index < -0.39 is 0 Å². The molecule has 0 fully saturated rings. The van der Waals surface area contributed by atoms with Crippen molar-refractivity contribution < 1.29 is 9.90 Å². The second-order valence-electron chi connectivity index (χ2n) is 4.62. The Hall–Kier alpha value is -2.33. The topological polar surface area (TPSA) is 61.7 Å². The lowest BCUT2D eigenvalue weighted by Gasteiger charge is -2.07. The predicted molar refractivity (Wildman–Crippen MR) is 84.0 cm³/mol. The smallest absolute Gasteiger partial charge is 0.271 e. The van der Waals surface area contributed by atoms with Crippen LogP contribution in [0.25, 0.3) is 0 Å². The molecule has 2 rings (SSSR count). The molecule has 108 valence electrons. The normalized spacial score (nSPS) is 11.3. The number of carbonyl (C=O) groups is 1. The molecule has 0 spiro atoms. The number of phenols is 1. The van der Waals surface area contributed by atoms with Gasteiger partial charge in [-0.25, -0.2) is 5.43 Å². The number of hydrazone groups is 1. The van der Waals surface area contributed by atoms with Crippen LogP contribution < -0.4 is 5.43 Å². The Morgan fingerprint density at radius 3 is 2.52 bits per heavy atom. The van der Waals surface area contributed by atoms with Crippen molar-refractivity contribution in [3.63, 3.8) is 0 Å². The van der Waals surface area contributed by atoms with Crippen LogP contribution in [0.3, 0.4) is 0 Å². The molecule has 0 radical (unpaired) electrons. The van der Waals surface area contributed by atoms with Gasteiger partial charge in [-0.15, -0.1) is 0 Å². The van der Waals surface area contributed by atoms with Crippen molar-refractivity contribution in [2.75, 3.05) is 0 Å². The number of nitrogens with zero attached hydrogens (tertiary/aromatic N) is 1. The highest BCUT2D eigenvalue weighted by Crippen LogP contribution is 2.21. The summed E-state index contributed by atoms with van der Waals surface area (Å²) in [6.45, 7) is 3.52. The van der Waals surface area contributed by atoms with E-state index >= 15 is 0 Å². The highest BCUT2D eigenvalue weighted by molar-refractivity contribution is 6.30. The molecule has 21 heavy (non-hydrogen) atoms. The van der Waals surface area contributed by atoms with Gasteiger partial charge in [-0.1, -0.05) is 23.7 Å². The lowest BCUT2D eigenvalue weighted by molar-refractivity contribution is 0.0955. The van der Waals surface area contributed by atoms with E-state index in [-0.39, 0.29) is 11.7 Å². The molecule has 0 aromatic heterocycles. The highest BCUT2D eigenvalue weighted by atomic mass is 35.5. The summed E-state index contributed by atoms with van der Waals surface area (Å²) in [6.07, 6.45) is 0. The zero-order chi connectivity index (χ0) is 15.4. The quantitative estimate of drug-likeness (QED) is 0.673. The minimum Gasteiger partial charge on any atom is -0.507 e. The fraction of sp³-hybridized carbons (Fsp3) is 0.125. The van der Waals surface area contributed by atoms with Crippen LogP contribution in [0.4, 0.5) is 0 Å². The second-order valence-corrected chi connectivity index (χ2v) is 5.05. The lowest BCUT2D eigenvalue weighted by atomic mass is 10.1. The molecule has 0 heterocycles. The van der Waals surface area contributed by atoms with Crippen molar-refractivity contribution in [2.24, 2.45) is 5.10 Å². The Kier molecular flexibility index (Phi) is 4.60. The number of nitrogens with one attached hydrogen (secondary N) is 1. The first-order chi connectivity index (χ1) is 9.99. The molecule has 4 nitrogen and oxygen atoms in total. The van der Waals surface area contributed by atoms with Crippen LogP contribution in [0.5, 0.6) is 5.75 Å². The van der Waals surface area contributed by atoms with Crippen molar-refractivity contribution >= 4 is 23.2 Å². The monoisotopic (exact) mass is 302 g/mol. The molecule has 2 aromatic carbocycles. The van der Waals surface area contributed by atoms with E-state index in [1.165, 1.54) is 0 Å².